The molecule has 17 heavy (non-hydrogen) atoms. The Morgan fingerprint density at radius 3 is 2.41 bits per heavy atom. The van der Waals surface area contributed by atoms with Gasteiger partial charge in [0.05, 0.1) is 5.69 Å². The van der Waals surface area contributed by atoms with E-state index in [4.69, 9.17) is 0 Å². The molecule has 0 spiro atoms. The van der Waals surface area contributed by atoms with Gasteiger partial charge < -0.3 is 0 Å². The molecule has 0 aliphatic rings. The molecule has 1 aromatic heterocycles. The van der Waals surface area contributed by atoms with E-state index in [0.717, 1.165) is 17.7 Å². The SMILES string of the molecule is C=C(Cc1c(C)nn(C)c1C)c1ccccc1. The molecule has 2 nitrogen and oxygen atoms in total. The van der Waals surface area contributed by atoms with Gasteiger partial charge in [0, 0.05) is 24.7 Å². The van der Waals surface area contributed by atoms with Crippen LogP contribution in [0.15, 0.2) is 36.9 Å². The fourth-order valence-corrected chi connectivity index (χ4v) is 2.06. The smallest absolute Gasteiger partial charge is 0.0631 e. The maximum absolute atomic E-state index is 4.43. The van der Waals surface area contributed by atoms with Crippen LogP contribution < -0.4 is 0 Å². The van der Waals surface area contributed by atoms with E-state index in [9.17, 15) is 0 Å². The number of aryl methyl sites for hydroxylation is 2. The summed E-state index contributed by atoms with van der Waals surface area (Å²) in [6, 6.07) is 10.3. The van der Waals surface area contributed by atoms with Crippen LogP contribution >= 0.6 is 0 Å². The maximum atomic E-state index is 4.43. The first-order valence-electron chi connectivity index (χ1n) is 5.82. The molecule has 0 aliphatic heterocycles. The highest BCUT2D eigenvalue weighted by Crippen LogP contribution is 2.21. The monoisotopic (exact) mass is 226 g/mol. The normalized spacial score (nSPS) is 10.5. The molecule has 0 atom stereocenters. The minimum absolute atomic E-state index is 0.871. The molecule has 2 heteroatoms. The van der Waals surface area contributed by atoms with Crippen LogP contribution in [0.2, 0.25) is 0 Å². The van der Waals surface area contributed by atoms with E-state index in [2.05, 4.69) is 37.7 Å². The zero-order valence-electron chi connectivity index (χ0n) is 10.7. The number of hydrogen-bond donors (Lipinski definition) is 0. The Labute approximate surface area is 103 Å². The van der Waals surface area contributed by atoms with Crippen LogP contribution in [0.25, 0.3) is 5.57 Å². The summed E-state index contributed by atoms with van der Waals surface area (Å²) in [5.41, 5.74) is 5.96. The van der Waals surface area contributed by atoms with E-state index in [1.165, 1.54) is 16.8 Å². The second-order valence-corrected chi connectivity index (χ2v) is 4.42. The summed E-state index contributed by atoms with van der Waals surface area (Å²) < 4.78 is 1.93. The van der Waals surface area contributed by atoms with E-state index in [-0.39, 0.29) is 0 Å². The fourth-order valence-electron chi connectivity index (χ4n) is 2.06. The number of rotatable bonds is 3. The minimum Gasteiger partial charge on any atom is -0.272 e. The number of nitrogens with zero attached hydrogens (tertiary/aromatic N) is 2. The molecular formula is C15H18N2. The van der Waals surface area contributed by atoms with Gasteiger partial charge in [-0.15, -0.1) is 0 Å². The Balaban J connectivity index is 2.25. The zero-order valence-corrected chi connectivity index (χ0v) is 10.7. The number of allylic oxidation sites excluding steroid dienone is 1. The highest BCUT2D eigenvalue weighted by Gasteiger charge is 2.10. The molecule has 88 valence electrons. The van der Waals surface area contributed by atoms with Crippen molar-refractivity contribution in [3.05, 3.63) is 59.4 Å². The van der Waals surface area contributed by atoms with E-state index in [0.29, 0.717) is 0 Å². The first-order chi connectivity index (χ1) is 8.09. The lowest BCUT2D eigenvalue weighted by Gasteiger charge is -2.06. The molecular weight excluding hydrogens is 208 g/mol. The largest absolute Gasteiger partial charge is 0.272 e. The molecule has 2 rings (SSSR count). The molecule has 2 aromatic rings. The number of benzene rings is 1. The van der Waals surface area contributed by atoms with Crippen LogP contribution in [0.5, 0.6) is 0 Å². The van der Waals surface area contributed by atoms with Gasteiger partial charge in [0.2, 0.25) is 0 Å². The topological polar surface area (TPSA) is 17.8 Å². The van der Waals surface area contributed by atoms with Crippen molar-refractivity contribution in [2.75, 3.05) is 0 Å². The first kappa shape index (κ1) is 11.6. The lowest BCUT2D eigenvalue weighted by molar-refractivity contribution is 0.730. The van der Waals surface area contributed by atoms with Crippen molar-refractivity contribution in [1.82, 2.24) is 9.78 Å². The predicted octanol–water partition coefficient (Wildman–Crippen LogP) is 3.29. The van der Waals surface area contributed by atoms with Crippen molar-refractivity contribution in [3.63, 3.8) is 0 Å². The third-order valence-corrected chi connectivity index (χ3v) is 3.23. The van der Waals surface area contributed by atoms with Gasteiger partial charge >= 0.3 is 0 Å². The Kier molecular flexibility index (Phi) is 3.14. The van der Waals surface area contributed by atoms with Gasteiger partial charge in [0.1, 0.15) is 0 Å². The molecule has 0 unspecified atom stereocenters. The standard InChI is InChI=1S/C15H18N2/c1-11(14-8-6-5-7-9-14)10-15-12(2)16-17(4)13(15)3/h5-9H,1,10H2,2-4H3. The van der Waals surface area contributed by atoms with Crippen LogP contribution in [-0.2, 0) is 13.5 Å². The van der Waals surface area contributed by atoms with E-state index < -0.39 is 0 Å². The lowest BCUT2D eigenvalue weighted by atomic mass is 9.99. The molecule has 1 heterocycles. The minimum atomic E-state index is 0.871. The van der Waals surface area contributed by atoms with Gasteiger partial charge in [-0.25, -0.2) is 0 Å². The van der Waals surface area contributed by atoms with Crippen molar-refractivity contribution < 1.29 is 0 Å². The summed E-state index contributed by atoms with van der Waals surface area (Å²) in [7, 11) is 1.98. The third kappa shape index (κ3) is 2.31. The molecule has 0 aliphatic carbocycles. The summed E-state index contributed by atoms with van der Waals surface area (Å²) in [5.74, 6) is 0. The summed E-state index contributed by atoms with van der Waals surface area (Å²) in [6.07, 6.45) is 0.871. The van der Waals surface area contributed by atoms with E-state index in [1.54, 1.807) is 0 Å². The second kappa shape index (κ2) is 4.58. The van der Waals surface area contributed by atoms with Crippen molar-refractivity contribution >= 4 is 5.57 Å². The van der Waals surface area contributed by atoms with Gasteiger partial charge in [-0.3, -0.25) is 4.68 Å². The van der Waals surface area contributed by atoms with Gasteiger partial charge in [-0.2, -0.15) is 5.10 Å². The molecule has 0 saturated carbocycles. The van der Waals surface area contributed by atoms with Gasteiger partial charge in [-0.05, 0) is 25.0 Å². The average Bonchev–Trinajstić information content (AvgIpc) is 2.57. The second-order valence-electron chi connectivity index (χ2n) is 4.42. The number of hydrogen-bond acceptors (Lipinski definition) is 1. The summed E-state index contributed by atoms with van der Waals surface area (Å²) in [5, 5.41) is 4.43. The Morgan fingerprint density at radius 2 is 1.88 bits per heavy atom. The fraction of sp³-hybridized carbons (Fsp3) is 0.267. The van der Waals surface area contributed by atoms with Gasteiger partial charge in [0.25, 0.3) is 0 Å². The highest BCUT2D eigenvalue weighted by atomic mass is 15.3. The van der Waals surface area contributed by atoms with Crippen LogP contribution in [0.4, 0.5) is 0 Å². The molecule has 0 N–H and O–H groups in total. The predicted molar refractivity (Wildman–Crippen MR) is 71.9 cm³/mol. The lowest BCUT2D eigenvalue weighted by Crippen LogP contribution is -1.95. The Morgan fingerprint density at radius 1 is 1.24 bits per heavy atom. The van der Waals surface area contributed by atoms with E-state index in [1.807, 2.05) is 29.9 Å². The third-order valence-electron chi connectivity index (χ3n) is 3.23. The molecule has 0 radical (unpaired) electrons. The molecule has 0 saturated heterocycles. The molecule has 0 amide bonds. The average molecular weight is 226 g/mol. The Hall–Kier alpha value is -1.83. The maximum Gasteiger partial charge on any atom is 0.0631 e. The van der Waals surface area contributed by atoms with Crippen LogP contribution in [0.1, 0.15) is 22.5 Å². The quantitative estimate of drug-likeness (QED) is 0.785. The van der Waals surface area contributed by atoms with Crippen molar-refractivity contribution in [2.45, 2.75) is 20.3 Å². The number of aromatic nitrogens is 2. The van der Waals surface area contributed by atoms with Crippen LogP contribution in [0, 0.1) is 13.8 Å². The van der Waals surface area contributed by atoms with Crippen molar-refractivity contribution in [3.8, 4) is 0 Å². The summed E-state index contributed by atoms with van der Waals surface area (Å²) >= 11 is 0. The van der Waals surface area contributed by atoms with E-state index >= 15 is 0 Å². The molecule has 0 bridgehead atoms. The first-order valence-corrected chi connectivity index (χ1v) is 5.82. The summed E-state index contributed by atoms with van der Waals surface area (Å²) in [4.78, 5) is 0. The van der Waals surface area contributed by atoms with Gasteiger partial charge in [-0.1, -0.05) is 36.9 Å². The highest BCUT2D eigenvalue weighted by molar-refractivity contribution is 5.66. The molecule has 1 aromatic carbocycles. The zero-order chi connectivity index (χ0) is 12.4. The Bertz CT molecular complexity index is 536. The van der Waals surface area contributed by atoms with Crippen molar-refractivity contribution in [2.24, 2.45) is 7.05 Å². The molecule has 0 fully saturated rings. The van der Waals surface area contributed by atoms with Gasteiger partial charge in [0.15, 0.2) is 0 Å². The van der Waals surface area contributed by atoms with Crippen LogP contribution in [0.3, 0.4) is 0 Å². The summed E-state index contributed by atoms with van der Waals surface area (Å²) in [6.45, 7) is 8.34. The van der Waals surface area contributed by atoms with Crippen molar-refractivity contribution in [1.29, 1.82) is 0 Å². The van der Waals surface area contributed by atoms with Crippen LogP contribution in [-0.4, -0.2) is 9.78 Å².